The lowest BCUT2D eigenvalue weighted by Gasteiger charge is -2.04. The highest BCUT2D eigenvalue weighted by molar-refractivity contribution is 8.14. The van der Waals surface area contributed by atoms with Gasteiger partial charge in [-0.05, 0) is 36.4 Å². The van der Waals surface area contributed by atoms with Crippen molar-refractivity contribution in [3.8, 4) is 0 Å². The van der Waals surface area contributed by atoms with Gasteiger partial charge in [0.25, 0.3) is 18.1 Å². The number of hydrogen-bond donors (Lipinski definition) is 0. The first-order valence-electron chi connectivity index (χ1n) is 5.97. The number of halogens is 2. The molecule has 0 bridgehead atoms. The van der Waals surface area contributed by atoms with Crippen LogP contribution in [0.5, 0.6) is 0 Å². The molecule has 0 aliphatic carbocycles. The SMILES string of the molecule is O=c1c2cc(S(=O)(=O)Cl)ccc2oc2ccc(S(=O)(=O)Cl)cc12. The van der Waals surface area contributed by atoms with E-state index in [0.717, 1.165) is 12.1 Å². The quantitative estimate of drug-likeness (QED) is 0.491. The van der Waals surface area contributed by atoms with E-state index < -0.39 is 23.5 Å². The summed E-state index contributed by atoms with van der Waals surface area (Å²) in [5.74, 6) is 0. The van der Waals surface area contributed by atoms with Crippen LogP contribution in [0, 0.1) is 0 Å². The van der Waals surface area contributed by atoms with E-state index in [1.54, 1.807) is 0 Å². The molecule has 0 unspecified atom stereocenters. The van der Waals surface area contributed by atoms with Crippen LogP contribution in [0.15, 0.2) is 55.4 Å². The lowest BCUT2D eigenvalue weighted by atomic mass is 10.1. The standard InChI is InChI=1S/C13H6Cl2O6S2/c14-22(17,18)7-1-3-11-9(5-7)13(16)10-6-8(23(15,19)20)2-4-12(10)21-11/h1-6H. The molecule has 3 aromatic rings. The maximum absolute atomic E-state index is 12.5. The van der Waals surface area contributed by atoms with Gasteiger partial charge in [-0.3, -0.25) is 4.79 Å². The fourth-order valence-corrected chi connectivity index (χ4v) is 3.67. The summed E-state index contributed by atoms with van der Waals surface area (Å²) in [4.78, 5) is 12.0. The van der Waals surface area contributed by atoms with E-state index >= 15 is 0 Å². The lowest BCUT2D eigenvalue weighted by Crippen LogP contribution is -2.04. The number of rotatable bonds is 2. The highest BCUT2D eigenvalue weighted by Gasteiger charge is 2.16. The van der Waals surface area contributed by atoms with Crippen molar-refractivity contribution in [2.45, 2.75) is 9.79 Å². The van der Waals surface area contributed by atoms with E-state index in [4.69, 9.17) is 25.8 Å². The van der Waals surface area contributed by atoms with Gasteiger partial charge in [0.05, 0.1) is 20.6 Å². The molecule has 0 aliphatic rings. The Morgan fingerprint density at radius 2 is 1.13 bits per heavy atom. The fourth-order valence-electron chi connectivity index (χ4n) is 2.12. The molecule has 120 valence electrons. The highest BCUT2D eigenvalue weighted by Crippen LogP contribution is 2.25. The summed E-state index contributed by atoms with van der Waals surface area (Å²) in [5.41, 5.74) is -0.299. The van der Waals surface area contributed by atoms with Gasteiger partial charge in [0.2, 0.25) is 5.43 Å². The van der Waals surface area contributed by atoms with Crippen molar-refractivity contribution in [1.82, 2.24) is 0 Å². The van der Waals surface area contributed by atoms with Crippen molar-refractivity contribution in [1.29, 1.82) is 0 Å². The normalized spacial score (nSPS) is 12.8. The van der Waals surface area contributed by atoms with Crippen LogP contribution in [0.2, 0.25) is 0 Å². The number of hydrogen-bond acceptors (Lipinski definition) is 6. The van der Waals surface area contributed by atoms with E-state index in [2.05, 4.69) is 0 Å². The molecular formula is C13H6Cl2O6S2. The third-order valence-electron chi connectivity index (χ3n) is 3.17. The average Bonchev–Trinajstić information content (AvgIpc) is 2.45. The molecule has 6 nitrogen and oxygen atoms in total. The Morgan fingerprint density at radius 1 is 0.739 bits per heavy atom. The Morgan fingerprint density at radius 3 is 1.48 bits per heavy atom. The van der Waals surface area contributed by atoms with E-state index in [1.807, 2.05) is 0 Å². The molecular weight excluding hydrogens is 387 g/mol. The molecule has 0 saturated carbocycles. The van der Waals surface area contributed by atoms with E-state index in [0.29, 0.717) is 0 Å². The van der Waals surface area contributed by atoms with Crippen LogP contribution < -0.4 is 5.43 Å². The summed E-state index contributed by atoms with van der Waals surface area (Å²) >= 11 is 0. The fraction of sp³-hybridized carbons (Fsp3) is 0. The van der Waals surface area contributed by atoms with Crippen LogP contribution in [-0.2, 0) is 18.1 Å². The zero-order valence-electron chi connectivity index (χ0n) is 11.0. The van der Waals surface area contributed by atoms with Gasteiger partial charge in [-0.15, -0.1) is 0 Å². The molecule has 0 radical (unpaired) electrons. The summed E-state index contributed by atoms with van der Waals surface area (Å²) in [6, 6.07) is 7.17. The molecule has 0 atom stereocenters. The second-order valence-corrected chi connectivity index (χ2v) is 9.75. The molecule has 2 aromatic carbocycles. The van der Waals surface area contributed by atoms with Crippen LogP contribution in [0.3, 0.4) is 0 Å². The molecule has 0 aliphatic heterocycles. The van der Waals surface area contributed by atoms with Crippen LogP contribution in [-0.4, -0.2) is 16.8 Å². The summed E-state index contributed by atoms with van der Waals surface area (Å²) in [6.07, 6.45) is 0. The van der Waals surface area contributed by atoms with Crippen LogP contribution in [0.4, 0.5) is 0 Å². The Bertz CT molecular complexity index is 1130. The minimum atomic E-state index is -4.02. The van der Waals surface area contributed by atoms with Crippen molar-refractivity contribution in [3.63, 3.8) is 0 Å². The smallest absolute Gasteiger partial charge is 0.261 e. The second kappa shape index (κ2) is 5.20. The van der Waals surface area contributed by atoms with E-state index in [-0.39, 0.29) is 31.7 Å². The molecule has 23 heavy (non-hydrogen) atoms. The van der Waals surface area contributed by atoms with Crippen molar-refractivity contribution in [2.24, 2.45) is 0 Å². The first-order chi connectivity index (χ1) is 10.6. The predicted molar refractivity (Wildman–Crippen MR) is 86.1 cm³/mol. The van der Waals surface area contributed by atoms with Crippen LogP contribution in [0.25, 0.3) is 21.9 Å². The average molecular weight is 393 g/mol. The minimum Gasteiger partial charge on any atom is -0.456 e. The molecule has 0 amide bonds. The van der Waals surface area contributed by atoms with Gasteiger partial charge in [-0.1, -0.05) is 0 Å². The summed E-state index contributed by atoms with van der Waals surface area (Å²) in [6.45, 7) is 0. The number of fused-ring (bicyclic) bond motifs is 2. The molecule has 3 rings (SSSR count). The van der Waals surface area contributed by atoms with E-state index in [9.17, 15) is 21.6 Å². The Hall–Kier alpha value is -1.61. The van der Waals surface area contributed by atoms with Crippen LogP contribution in [0.1, 0.15) is 0 Å². The summed E-state index contributed by atoms with van der Waals surface area (Å²) in [5, 5.41) is -0.0771. The maximum Gasteiger partial charge on any atom is 0.261 e. The lowest BCUT2D eigenvalue weighted by molar-refractivity contribution is 0.608. The van der Waals surface area contributed by atoms with Gasteiger partial charge >= 0.3 is 0 Å². The number of benzene rings is 2. The molecule has 0 N–H and O–H groups in total. The van der Waals surface area contributed by atoms with Crippen molar-refractivity contribution < 1.29 is 21.3 Å². The highest BCUT2D eigenvalue weighted by atomic mass is 35.7. The van der Waals surface area contributed by atoms with Gasteiger partial charge in [0, 0.05) is 21.4 Å². The third-order valence-corrected chi connectivity index (χ3v) is 5.88. The molecule has 0 spiro atoms. The van der Waals surface area contributed by atoms with Crippen molar-refractivity contribution in [2.75, 3.05) is 0 Å². The van der Waals surface area contributed by atoms with Gasteiger partial charge in [-0.2, -0.15) is 0 Å². The topological polar surface area (TPSA) is 98.5 Å². The van der Waals surface area contributed by atoms with Gasteiger partial charge < -0.3 is 4.42 Å². The Balaban J connectivity index is 2.45. The molecule has 10 heteroatoms. The first kappa shape index (κ1) is 16.3. The van der Waals surface area contributed by atoms with Gasteiger partial charge in [0.1, 0.15) is 11.2 Å². The Kier molecular flexibility index (Phi) is 3.68. The predicted octanol–water partition coefficient (Wildman–Crippen LogP) is 2.80. The molecule has 1 heterocycles. The zero-order chi connectivity index (χ0) is 17.0. The van der Waals surface area contributed by atoms with Crippen molar-refractivity contribution >= 4 is 61.4 Å². The molecule has 0 saturated heterocycles. The van der Waals surface area contributed by atoms with Gasteiger partial charge in [-0.25, -0.2) is 16.8 Å². The van der Waals surface area contributed by atoms with Crippen LogP contribution >= 0.6 is 21.4 Å². The monoisotopic (exact) mass is 392 g/mol. The van der Waals surface area contributed by atoms with Gasteiger partial charge in [0.15, 0.2) is 0 Å². The first-order valence-corrected chi connectivity index (χ1v) is 10.6. The summed E-state index contributed by atoms with van der Waals surface area (Å²) in [7, 11) is 2.47. The molecule has 1 aromatic heterocycles. The largest absolute Gasteiger partial charge is 0.456 e. The van der Waals surface area contributed by atoms with E-state index in [1.165, 1.54) is 24.3 Å². The maximum atomic E-state index is 12.5. The second-order valence-electron chi connectivity index (χ2n) is 4.62. The third kappa shape index (κ3) is 2.94. The van der Waals surface area contributed by atoms with Crippen molar-refractivity contribution in [3.05, 3.63) is 46.6 Å². The zero-order valence-corrected chi connectivity index (χ0v) is 14.1. The summed E-state index contributed by atoms with van der Waals surface area (Å²) < 4.78 is 51.0. The Labute approximate surface area is 139 Å². The molecule has 0 fully saturated rings. The minimum absolute atomic E-state index is 0.0386.